The topological polar surface area (TPSA) is 72.8 Å². The van der Waals surface area contributed by atoms with Crippen LogP contribution < -0.4 is 0 Å². The number of hydrogen-bond donors (Lipinski definition) is 1. The van der Waals surface area contributed by atoms with E-state index in [1.807, 2.05) is 0 Å². The highest BCUT2D eigenvalue weighted by Gasteiger charge is 2.36. The van der Waals surface area contributed by atoms with Gasteiger partial charge in [-0.3, -0.25) is 9.59 Å². The lowest BCUT2D eigenvalue weighted by molar-refractivity contribution is -0.143. The molecule has 0 fully saturated rings. The standard InChI is InChI=1S/C28H56F2O5Si2/c1-5-25(34-23(3)31)36-21-17-13-9-7-11-15-19-28(33,27(29)30)20-16-12-8-10-14-18-22-37-26(6-2)35-24(4)32/h25-27,33H,5-22,36-37H2,1-4H3. The summed E-state index contributed by atoms with van der Waals surface area (Å²) < 4.78 is 37.7. The number of hydrogen-bond acceptors (Lipinski definition) is 5. The third kappa shape index (κ3) is 20.8. The fourth-order valence-electron chi connectivity index (χ4n) is 4.88. The lowest BCUT2D eigenvalue weighted by atomic mass is 9.90. The molecule has 5 nitrogen and oxygen atoms in total. The SMILES string of the molecule is CCC(OC(C)=O)[SiH2]CCCCCCCCC(O)(CCCCCCCC[SiH2]C(CC)OC(C)=O)C(F)F. The summed E-state index contributed by atoms with van der Waals surface area (Å²) >= 11 is 0. The van der Waals surface area contributed by atoms with Gasteiger partial charge in [0, 0.05) is 13.8 Å². The normalized spacial score (nSPS) is 15.5. The molecule has 0 saturated carbocycles. The molecule has 0 aromatic heterocycles. The smallest absolute Gasteiger partial charge is 0.302 e. The van der Waals surface area contributed by atoms with Crippen LogP contribution in [0, 0.1) is 0 Å². The van der Waals surface area contributed by atoms with Gasteiger partial charge in [0.05, 0.1) is 30.5 Å². The molecule has 2 unspecified atom stereocenters. The van der Waals surface area contributed by atoms with Crippen molar-refractivity contribution in [2.45, 2.75) is 166 Å². The minimum Gasteiger partial charge on any atom is -0.467 e. The van der Waals surface area contributed by atoms with E-state index in [1.54, 1.807) is 0 Å². The Hall–Kier alpha value is -0.806. The van der Waals surface area contributed by atoms with Crippen molar-refractivity contribution in [3.8, 4) is 0 Å². The van der Waals surface area contributed by atoms with Crippen LogP contribution in [0.2, 0.25) is 12.1 Å². The summed E-state index contributed by atoms with van der Waals surface area (Å²) in [6.07, 6.45) is 11.4. The van der Waals surface area contributed by atoms with Crippen LogP contribution in [-0.4, -0.2) is 59.6 Å². The van der Waals surface area contributed by atoms with Crippen LogP contribution in [0.1, 0.15) is 130 Å². The zero-order valence-electron chi connectivity index (χ0n) is 24.2. The first-order valence-electron chi connectivity index (χ1n) is 15.0. The predicted octanol–water partition coefficient (Wildman–Crippen LogP) is 6.22. The maximum Gasteiger partial charge on any atom is 0.302 e. The van der Waals surface area contributed by atoms with Crippen molar-refractivity contribution in [1.82, 2.24) is 0 Å². The van der Waals surface area contributed by atoms with E-state index < -0.39 is 12.0 Å². The van der Waals surface area contributed by atoms with Crippen LogP contribution in [0.25, 0.3) is 0 Å². The molecular weight excluding hydrogens is 510 g/mol. The molecule has 0 saturated heterocycles. The van der Waals surface area contributed by atoms with Gasteiger partial charge in [-0.05, 0) is 25.7 Å². The van der Waals surface area contributed by atoms with Crippen LogP contribution in [-0.2, 0) is 19.1 Å². The van der Waals surface area contributed by atoms with Gasteiger partial charge in [-0.25, -0.2) is 8.78 Å². The van der Waals surface area contributed by atoms with Crippen molar-refractivity contribution in [3.05, 3.63) is 0 Å². The molecule has 0 amide bonds. The van der Waals surface area contributed by atoms with Crippen molar-refractivity contribution >= 4 is 31.0 Å². The van der Waals surface area contributed by atoms with E-state index in [-0.39, 0.29) is 55.3 Å². The van der Waals surface area contributed by atoms with Crippen molar-refractivity contribution in [3.63, 3.8) is 0 Å². The number of aliphatic hydroxyl groups is 1. The lowest BCUT2D eigenvalue weighted by Crippen LogP contribution is -2.37. The van der Waals surface area contributed by atoms with Crippen LogP contribution in [0.3, 0.4) is 0 Å². The molecule has 0 aliphatic rings. The molecule has 220 valence electrons. The number of alkyl halides is 2. The fraction of sp³-hybridized carbons (Fsp3) is 0.929. The Balaban J connectivity index is 3.81. The summed E-state index contributed by atoms with van der Waals surface area (Å²) in [5.41, 5.74) is -1.52. The number of ether oxygens (including phenoxy) is 2. The largest absolute Gasteiger partial charge is 0.467 e. The number of unbranched alkanes of at least 4 members (excludes halogenated alkanes) is 10. The fourth-order valence-corrected chi connectivity index (χ4v) is 8.60. The molecular formula is C28H56F2O5Si2. The Morgan fingerprint density at radius 2 is 1.00 bits per heavy atom. The number of rotatable bonds is 25. The Labute approximate surface area is 229 Å². The van der Waals surface area contributed by atoms with Crippen LogP contribution in [0.5, 0.6) is 0 Å². The van der Waals surface area contributed by atoms with E-state index in [9.17, 15) is 23.5 Å². The maximum atomic E-state index is 13.6. The van der Waals surface area contributed by atoms with Crippen molar-refractivity contribution in [2.75, 3.05) is 0 Å². The third-order valence-electron chi connectivity index (χ3n) is 7.25. The Morgan fingerprint density at radius 3 is 1.30 bits per heavy atom. The van der Waals surface area contributed by atoms with Gasteiger partial charge < -0.3 is 14.6 Å². The zero-order valence-corrected chi connectivity index (χ0v) is 27.0. The number of carbonyl (C=O) groups excluding carboxylic acids is 2. The van der Waals surface area contributed by atoms with Gasteiger partial charge in [0.1, 0.15) is 5.60 Å². The first-order chi connectivity index (χ1) is 17.6. The average Bonchev–Trinajstić information content (AvgIpc) is 2.84. The van der Waals surface area contributed by atoms with Crippen LogP contribution >= 0.6 is 0 Å². The van der Waals surface area contributed by atoms with Crippen LogP contribution in [0.4, 0.5) is 8.78 Å². The molecule has 0 aromatic rings. The van der Waals surface area contributed by atoms with E-state index in [4.69, 9.17) is 9.47 Å². The van der Waals surface area contributed by atoms with Crippen molar-refractivity contribution < 1.29 is 33.0 Å². The number of esters is 2. The summed E-state index contributed by atoms with van der Waals surface area (Å²) in [4.78, 5) is 22.1. The molecule has 2 atom stereocenters. The minimum absolute atomic E-state index is 0.157. The molecule has 0 heterocycles. The number of carbonyl (C=O) groups is 2. The highest BCUT2D eigenvalue weighted by Crippen LogP contribution is 2.29. The monoisotopic (exact) mass is 566 g/mol. The van der Waals surface area contributed by atoms with Gasteiger partial charge in [-0.2, -0.15) is 0 Å². The van der Waals surface area contributed by atoms with E-state index >= 15 is 0 Å². The molecule has 9 heteroatoms. The molecule has 0 rings (SSSR count). The highest BCUT2D eigenvalue weighted by atomic mass is 28.2. The third-order valence-corrected chi connectivity index (χ3v) is 11.8. The quantitative estimate of drug-likeness (QED) is 0.0807. The summed E-state index contributed by atoms with van der Waals surface area (Å²) in [6, 6.07) is 2.35. The first kappa shape index (κ1) is 36.2. The molecule has 0 spiro atoms. The molecule has 0 aromatic carbocycles. The summed E-state index contributed by atoms with van der Waals surface area (Å²) in [7, 11) is -0.776. The molecule has 37 heavy (non-hydrogen) atoms. The first-order valence-corrected chi connectivity index (χ1v) is 18.6. The Bertz CT molecular complexity index is 539. The van der Waals surface area contributed by atoms with Gasteiger partial charge in [-0.15, -0.1) is 0 Å². The Morgan fingerprint density at radius 1 is 0.676 bits per heavy atom. The van der Waals surface area contributed by atoms with E-state index in [0.29, 0.717) is 12.8 Å². The molecule has 0 aliphatic carbocycles. The molecule has 0 bridgehead atoms. The van der Waals surface area contributed by atoms with Crippen molar-refractivity contribution in [1.29, 1.82) is 0 Å². The minimum atomic E-state index is -2.69. The average molecular weight is 567 g/mol. The van der Waals surface area contributed by atoms with Gasteiger partial charge >= 0.3 is 11.9 Å². The van der Waals surface area contributed by atoms with Gasteiger partial charge in [0.25, 0.3) is 6.43 Å². The highest BCUT2D eigenvalue weighted by molar-refractivity contribution is 6.37. The van der Waals surface area contributed by atoms with Gasteiger partial charge in [-0.1, -0.05) is 103 Å². The second-order valence-electron chi connectivity index (χ2n) is 10.7. The zero-order chi connectivity index (χ0) is 27.9. The Kier molecular flexibility index (Phi) is 22.6. The van der Waals surface area contributed by atoms with E-state index in [2.05, 4.69) is 13.8 Å². The van der Waals surface area contributed by atoms with Gasteiger partial charge in [0.15, 0.2) is 0 Å². The van der Waals surface area contributed by atoms with E-state index in [1.165, 1.54) is 25.9 Å². The number of halogens is 2. The maximum absolute atomic E-state index is 13.6. The summed E-state index contributed by atoms with van der Waals surface area (Å²) in [6.45, 7) is 7.05. The van der Waals surface area contributed by atoms with Crippen molar-refractivity contribution in [2.24, 2.45) is 0 Å². The lowest BCUT2D eigenvalue weighted by Gasteiger charge is -2.27. The van der Waals surface area contributed by atoms with Crippen LogP contribution in [0.15, 0.2) is 0 Å². The summed E-state index contributed by atoms with van der Waals surface area (Å²) in [5, 5.41) is 10.5. The molecule has 0 radical (unpaired) electrons. The second kappa shape index (κ2) is 23.1. The predicted molar refractivity (Wildman–Crippen MR) is 154 cm³/mol. The van der Waals surface area contributed by atoms with Gasteiger partial charge in [0.2, 0.25) is 0 Å². The second-order valence-corrected chi connectivity index (χ2v) is 15.1. The summed E-state index contributed by atoms with van der Waals surface area (Å²) in [5.74, 6) is -0.370. The van der Waals surface area contributed by atoms with E-state index in [0.717, 1.165) is 77.0 Å². The molecule has 0 aliphatic heterocycles. The molecule has 1 N–H and O–H groups in total.